The predicted octanol–water partition coefficient (Wildman–Crippen LogP) is 5.06. The van der Waals surface area contributed by atoms with Crippen molar-refractivity contribution >= 4 is 23.6 Å². The fourth-order valence-electron chi connectivity index (χ4n) is 2.55. The molecule has 0 saturated carbocycles. The van der Waals surface area contributed by atoms with E-state index in [1.54, 1.807) is 13.0 Å². The van der Waals surface area contributed by atoms with Crippen molar-refractivity contribution in [2.75, 3.05) is 6.61 Å². The zero-order valence-corrected chi connectivity index (χ0v) is 16.1. The standard InChI is InChI=1S/C21H25ClN2O2/c1-3-5-13-20-23-15-18(11-7-9-14-21(25)26-4-2)24(20)16-17-10-6-8-12-19(17)22/h6-12,14-15H,3-5,13,16H2,1-2H3. The van der Waals surface area contributed by atoms with E-state index in [-0.39, 0.29) is 5.97 Å². The number of halogens is 1. The number of esters is 1. The third-order valence-electron chi connectivity index (χ3n) is 3.91. The van der Waals surface area contributed by atoms with Gasteiger partial charge >= 0.3 is 5.97 Å². The van der Waals surface area contributed by atoms with Gasteiger partial charge < -0.3 is 9.30 Å². The molecular weight excluding hydrogens is 348 g/mol. The van der Waals surface area contributed by atoms with Gasteiger partial charge in [0.2, 0.25) is 0 Å². The highest BCUT2D eigenvalue weighted by Crippen LogP contribution is 2.19. The van der Waals surface area contributed by atoms with Crippen LogP contribution in [0.4, 0.5) is 0 Å². The number of benzene rings is 1. The quantitative estimate of drug-likeness (QED) is 0.351. The maximum absolute atomic E-state index is 11.3. The van der Waals surface area contributed by atoms with Gasteiger partial charge in [0, 0.05) is 17.5 Å². The maximum Gasteiger partial charge on any atom is 0.330 e. The van der Waals surface area contributed by atoms with E-state index in [0.717, 1.165) is 41.4 Å². The summed E-state index contributed by atoms with van der Waals surface area (Å²) in [5.74, 6) is 0.700. The number of aryl methyl sites for hydroxylation is 1. The molecule has 26 heavy (non-hydrogen) atoms. The highest BCUT2D eigenvalue weighted by molar-refractivity contribution is 6.31. The third kappa shape index (κ3) is 5.88. The Bertz CT molecular complexity index is 778. The third-order valence-corrected chi connectivity index (χ3v) is 4.28. The Kier molecular flexibility index (Phi) is 8.16. The molecule has 0 aliphatic carbocycles. The second-order valence-electron chi connectivity index (χ2n) is 5.85. The topological polar surface area (TPSA) is 44.1 Å². The van der Waals surface area contributed by atoms with E-state index >= 15 is 0 Å². The smallest absolute Gasteiger partial charge is 0.330 e. The number of unbranched alkanes of at least 4 members (excludes halogenated alkanes) is 1. The zero-order chi connectivity index (χ0) is 18.8. The lowest BCUT2D eigenvalue weighted by molar-refractivity contribution is -0.137. The molecule has 1 aromatic heterocycles. The summed E-state index contributed by atoms with van der Waals surface area (Å²) in [5, 5.41) is 0.750. The fourth-order valence-corrected chi connectivity index (χ4v) is 2.75. The number of carbonyl (C=O) groups is 1. The van der Waals surface area contributed by atoms with Gasteiger partial charge in [-0.3, -0.25) is 0 Å². The van der Waals surface area contributed by atoms with Crippen molar-refractivity contribution < 1.29 is 9.53 Å². The van der Waals surface area contributed by atoms with Crippen LogP contribution < -0.4 is 0 Å². The minimum atomic E-state index is -0.342. The number of imidazole rings is 1. The van der Waals surface area contributed by atoms with Gasteiger partial charge in [-0.2, -0.15) is 0 Å². The molecule has 0 radical (unpaired) electrons. The highest BCUT2D eigenvalue weighted by Gasteiger charge is 2.10. The van der Waals surface area contributed by atoms with E-state index in [9.17, 15) is 4.79 Å². The number of nitrogens with zero attached hydrogens (tertiary/aromatic N) is 2. The Balaban J connectivity index is 2.21. The monoisotopic (exact) mass is 372 g/mol. The molecule has 0 amide bonds. The second kappa shape index (κ2) is 10.6. The van der Waals surface area contributed by atoms with Crippen molar-refractivity contribution in [1.82, 2.24) is 9.55 Å². The highest BCUT2D eigenvalue weighted by atomic mass is 35.5. The first-order valence-electron chi connectivity index (χ1n) is 8.95. The summed E-state index contributed by atoms with van der Waals surface area (Å²) in [6.45, 7) is 4.99. The molecule has 2 rings (SSSR count). The van der Waals surface area contributed by atoms with Gasteiger partial charge in [0.05, 0.1) is 25.0 Å². The number of rotatable bonds is 9. The molecule has 0 saturated heterocycles. The molecule has 0 bridgehead atoms. The summed E-state index contributed by atoms with van der Waals surface area (Å²) < 4.78 is 7.04. The zero-order valence-electron chi connectivity index (χ0n) is 15.3. The summed E-state index contributed by atoms with van der Waals surface area (Å²) in [5.41, 5.74) is 2.03. The summed E-state index contributed by atoms with van der Waals surface area (Å²) in [6, 6.07) is 7.84. The summed E-state index contributed by atoms with van der Waals surface area (Å²) in [6.07, 6.45) is 11.8. The van der Waals surface area contributed by atoms with E-state index < -0.39 is 0 Å². The molecule has 2 aromatic rings. The van der Waals surface area contributed by atoms with Gasteiger partial charge in [0.15, 0.2) is 0 Å². The van der Waals surface area contributed by atoms with Crippen LogP contribution in [0.15, 0.2) is 48.7 Å². The predicted molar refractivity (Wildman–Crippen MR) is 106 cm³/mol. The Morgan fingerprint density at radius 1 is 1.27 bits per heavy atom. The SMILES string of the molecule is CCCCc1ncc(C=CC=CC(=O)OCC)n1Cc1ccccc1Cl. The largest absolute Gasteiger partial charge is 0.463 e. The van der Waals surface area contributed by atoms with E-state index in [1.807, 2.05) is 42.6 Å². The Labute approximate surface area is 160 Å². The molecule has 0 fully saturated rings. The van der Waals surface area contributed by atoms with E-state index in [4.69, 9.17) is 16.3 Å². The number of allylic oxidation sites excluding steroid dienone is 2. The van der Waals surface area contributed by atoms with Crippen molar-refractivity contribution in [1.29, 1.82) is 0 Å². The normalized spacial score (nSPS) is 11.5. The average Bonchev–Trinajstić information content (AvgIpc) is 3.01. The van der Waals surface area contributed by atoms with Crippen molar-refractivity contribution in [2.45, 2.75) is 39.7 Å². The van der Waals surface area contributed by atoms with Crippen molar-refractivity contribution in [3.8, 4) is 0 Å². The molecule has 138 valence electrons. The molecular formula is C21H25ClN2O2. The van der Waals surface area contributed by atoms with E-state index in [2.05, 4.69) is 16.5 Å². The second-order valence-corrected chi connectivity index (χ2v) is 6.26. The van der Waals surface area contributed by atoms with E-state index in [0.29, 0.717) is 13.2 Å². The van der Waals surface area contributed by atoms with Crippen LogP contribution in [0.2, 0.25) is 5.02 Å². The van der Waals surface area contributed by atoms with Crippen molar-refractivity contribution in [3.05, 3.63) is 70.8 Å². The molecule has 0 N–H and O–H groups in total. The minimum Gasteiger partial charge on any atom is -0.463 e. The van der Waals surface area contributed by atoms with Gasteiger partial charge in [0.25, 0.3) is 0 Å². The van der Waals surface area contributed by atoms with Gasteiger partial charge in [-0.15, -0.1) is 0 Å². The number of hydrogen-bond donors (Lipinski definition) is 0. The Hall–Kier alpha value is -2.33. The molecule has 0 atom stereocenters. The minimum absolute atomic E-state index is 0.342. The first kappa shape index (κ1) is 20.0. The first-order valence-corrected chi connectivity index (χ1v) is 9.32. The van der Waals surface area contributed by atoms with Crippen LogP contribution in [0, 0.1) is 0 Å². The maximum atomic E-state index is 11.3. The van der Waals surface area contributed by atoms with Crippen LogP contribution in [-0.4, -0.2) is 22.1 Å². The van der Waals surface area contributed by atoms with Crippen molar-refractivity contribution in [3.63, 3.8) is 0 Å². The number of hydrogen-bond acceptors (Lipinski definition) is 3. The number of ether oxygens (including phenoxy) is 1. The first-order chi connectivity index (χ1) is 12.7. The lowest BCUT2D eigenvalue weighted by Crippen LogP contribution is -2.07. The lowest BCUT2D eigenvalue weighted by atomic mass is 10.2. The molecule has 0 aliphatic rings. The number of aromatic nitrogens is 2. The molecule has 0 unspecified atom stereocenters. The Morgan fingerprint density at radius 3 is 2.81 bits per heavy atom. The van der Waals surface area contributed by atoms with Crippen molar-refractivity contribution in [2.24, 2.45) is 0 Å². The molecule has 0 spiro atoms. The van der Waals surface area contributed by atoms with Crippen LogP contribution in [0.25, 0.3) is 6.08 Å². The average molecular weight is 373 g/mol. The van der Waals surface area contributed by atoms with Crippen LogP contribution in [-0.2, 0) is 22.5 Å². The molecule has 5 heteroatoms. The summed E-state index contributed by atoms with van der Waals surface area (Å²) in [4.78, 5) is 15.9. The van der Waals surface area contributed by atoms with Crippen LogP contribution >= 0.6 is 11.6 Å². The lowest BCUT2D eigenvalue weighted by Gasteiger charge is -2.11. The summed E-state index contributed by atoms with van der Waals surface area (Å²) in [7, 11) is 0. The van der Waals surface area contributed by atoms with Gasteiger partial charge in [-0.1, -0.05) is 55.3 Å². The van der Waals surface area contributed by atoms with Gasteiger partial charge in [-0.25, -0.2) is 9.78 Å². The fraction of sp³-hybridized carbons (Fsp3) is 0.333. The van der Waals surface area contributed by atoms with E-state index in [1.165, 1.54) is 6.08 Å². The molecule has 1 aromatic carbocycles. The molecule has 1 heterocycles. The Morgan fingerprint density at radius 2 is 2.08 bits per heavy atom. The molecule has 0 aliphatic heterocycles. The number of carbonyl (C=O) groups excluding carboxylic acids is 1. The van der Waals surface area contributed by atoms with Crippen LogP contribution in [0.1, 0.15) is 43.8 Å². The summed E-state index contributed by atoms with van der Waals surface area (Å²) >= 11 is 6.33. The molecule has 4 nitrogen and oxygen atoms in total. The van der Waals surface area contributed by atoms with Gasteiger partial charge in [-0.05, 0) is 31.1 Å². The van der Waals surface area contributed by atoms with Crippen LogP contribution in [0.5, 0.6) is 0 Å². The van der Waals surface area contributed by atoms with Gasteiger partial charge in [0.1, 0.15) is 5.82 Å². The van der Waals surface area contributed by atoms with Crippen LogP contribution in [0.3, 0.4) is 0 Å².